The second-order valence-corrected chi connectivity index (χ2v) is 8.25. The van der Waals surface area contributed by atoms with Gasteiger partial charge in [0.1, 0.15) is 34.3 Å². The van der Waals surface area contributed by atoms with E-state index in [9.17, 15) is 4.79 Å². The monoisotopic (exact) mass is 504 g/mol. The summed E-state index contributed by atoms with van der Waals surface area (Å²) in [7, 11) is 7.18. The Morgan fingerprint density at radius 1 is 0.714 bits per heavy atom. The molecule has 4 unspecified atom stereocenters. The first kappa shape index (κ1) is 31.0. The molecule has 0 saturated carbocycles. The molecule has 11 heteroatoms. The van der Waals surface area contributed by atoms with E-state index in [0.717, 1.165) is 0 Å². The summed E-state index contributed by atoms with van der Waals surface area (Å²) in [6.45, 7) is 5.23. The summed E-state index contributed by atoms with van der Waals surface area (Å²) in [5.41, 5.74) is 0.105. The number of carbonyl (C=O) groups excluding carboxylic acids is 1. The van der Waals surface area contributed by atoms with Gasteiger partial charge in [-0.3, -0.25) is 4.79 Å². The molecule has 0 N–H and O–H groups in total. The molecule has 35 heavy (non-hydrogen) atoms. The maximum absolute atomic E-state index is 13.5. The van der Waals surface area contributed by atoms with Gasteiger partial charge in [0.15, 0.2) is 24.4 Å². The topological polar surface area (TPSA) is 90.9 Å². The Morgan fingerprint density at radius 3 is 1.54 bits per heavy atom. The van der Waals surface area contributed by atoms with Gasteiger partial charge >= 0.3 is 18.9 Å². The van der Waals surface area contributed by atoms with Gasteiger partial charge in [0.25, 0.3) is 0 Å². The molecule has 0 saturated heterocycles. The fraction of sp³-hybridized carbons (Fsp3) is 0.458. The number of carbonyl (C=O) groups is 1. The van der Waals surface area contributed by atoms with Crippen molar-refractivity contribution >= 4 is 38.3 Å². The van der Waals surface area contributed by atoms with Crippen LogP contribution in [0.5, 0.6) is 28.7 Å². The molecule has 0 amide bonds. The predicted molar refractivity (Wildman–Crippen MR) is 137 cm³/mol. The fourth-order valence-corrected chi connectivity index (χ4v) is 3.99. The summed E-state index contributed by atoms with van der Waals surface area (Å²) in [4.78, 5) is 13.5. The van der Waals surface area contributed by atoms with Crippen LogP contribution in [0.3, 0.4) is 0 Å². The Bertz CT molecular complexity index is 901. The van der Waals surface area contributed by atoms with Crippen LogP contribution in [-0.2, 0) is 14.2 Å². The Labute approximate surface area is 220 Å². The van der Waals surface area contributed by atoms with Gasteiger partial charge in [-0.25, -0.2) is 0 Å². The molecule has 2 aromatic carbocycles. The summed E-state index contributed by atoms with van der Waals surface area (Å²) in [6, 6.07) is 8.51. The average molecular weight is 504 g/mol. The molecule has 0 aliphatic heterocycles. The van der Waals surface area contributed by atoms with Gasteiger partial charge in [-0.2, -0.15) is 0 Å². The SMILES string of the molecule is COc1cccc(OC)c1C(=O)Pc1c(OC(C)OC)cc(OC(C)OC)cc1OC(C)OC.[LiH]. The number of hydrogen-bond donors (Lipinski definition) is 0. The van der Waals surface area contributed by atoms with Gasteiger partial charge < -0.3 is 37.9 Å². The van der Waals surface area contributed by atoms with Gasteiger partial charge in [0.2, 0.25) is 0 Å². The third kappa shape index (κ3) is 8.57. The van der Waals surface area contributed by atoms with E-state index in [0.29, 0.717) is 39.6 Å². The molecule has 0 radical (unpaired) electrons. The zero-order valence-electron chi connectivity index (χ0n) is 20.8. The molecular weight excluding hydrogens is 470 g/mol. The van der Waals surface area contributed by atoms with Crippen LogP contribution in [0.4, 0.5) is 0 Å². The van der Waals surface area contributed by atoms with Crippen LogP contribution < -0.4 is 29.0 Å². The van der Waals surface area contributed by atoms with E-state index >= 15 is 0 Å². The molecule has 0 aromatic heterocycles. The molecule has 0 fully saturated rings. The molecule has 0 heterocycles. The molecular formula is C24H34LiO9P. The van der Waals surface area contributed by atoms with E-state index in [1.54, 1.807) is 51.1 Å². The molecule has 9 nitrogen and oxygen atoms in total. The van der Waals surface area contributed by atoms with Gasteiger partial charge in [-0.15, -0.1) is 0 Å². The van der Waals surface area contributed by atoms with Crippen LogP contribution in [0.25, 0.3) is 0 Å². The van der Waals surface area contributed by atoms with E-state index in [2.05, 4.69) is 0 Å². The Balaban J connectivity index is 0.00000612. The van der Waals surface area contributed by atoms with E-state index in [1.165, 1.54) is 35.5 Å². The summed E-state index contributed by atoms with van der Waals surface area (Å²) < 4.78 is 44.4. The number of hydrogen-bond acceptors (Lipinski definition) is 9. The Kier molecular flexibility index (Phi) is 13.5. The molecule has 0 aliphatic carbocycles. The van der Waals surface area contributed by atoms with Crippen molar-refractivity contribution in [1.82, 2.24) is 0 Å². The maximum atomic E-state index is 13.5. The standard InChI is InChI=1S/C24H33O9P.Li.H/c1-14(26-4)31-17-12-20(32-15(2)27-5)23(21(13-17)33-16(3)28-6)34-24(25)22-18(29-7)10-9-11-19(22)30-8;;/h9-16,34H,1-8H3;;. The van der Waals surface area contributed by atoms with Gasteiger partial charge in [-0.05, 0) is 41.5 Å². The van der Waals surface area contributed by atoms with Crippen molar-refractivity contribution in [3.63, 3.8) is 0 Å². The molecule has 2 aromatic rings. The number of ether oxygens (including phenoxy) is 8. The molecule has 190 valence electrons. The van der Waals surface area contributed by atoms with E-state index in [1.807, 2.05) is 0 Å². The van der Waals surface area contributed by atoms with Crippen molar-refractivity contribution in [2.45, 2.75) is 39.6 Å². The van der Waals surface area contributed by atoms with Crippen molar-refractivity contribution in [3.05, 3.63) is 35.9 Å². The first-order valence-corrected chi connectivity index (χ1v) is 11.6. The fourth-order valence-electron chi connectivity index (χ4n) is 2.89. The van der Waals surface area contributed by atoms with Crippen LogP contribution in [0.2, 0.25) is 0 Å². The van der Waals surface area contributed by atoms with Gasteiger partial charge in [0.05, 0.1) is 19.5 Å². The van der Waals surface area contributed by atoms with Crippen molar-refractivity contribution < 1.29 is 42.7 Å². The van der Waals surface area contributed by atoms with Crippen LogP contribution in [-0.4, -0.2) is 78.8 Å². The van der Waals surface area contributed by atoms with Gasteiger partial charge in [-0.1, -0.05) is 6.07 Å². The molecule has 4 atom stereocenters. The predicted octanol–water partition coefficient (Wildman–Crippen LogP) is 3.31. The van der Waals surface area contributed by atoms with Crippen LogP contribution in [0.15, 0.2) is 30.3 Å². The second-order valence-electron chi connectivity index (χ2n) is 7.05. The van der Waals surface area contributed by atoms with Crippen molar-refractivity contribution in [2.24, 2.45) is 0 Å². The quantitative estimate of drug-likeness (QED) is 0.218. The summed E-state index contributed by atoms with van der Waals surface area (Å²) in [5, 5.41) is 0.517. The van der Waals surface area contributed by atoms with Crippen LogP contribution in [0.1, 0.15) is 31.1 Å². The first-order chi connectivity index (χ1) is 16.3. The molecule has 0 bridgehead atoms. The molecule has 2 rings (SSSR count). The van der Waals surface area contributed by atoms with Crippen molar-refractivity contribution in [2.75, 3.05) is 35.5 Å². The third-order valence-electron chi connectivity index (χ3n) is 4.82. The minimum absolute atomic E-state index is 0. The average Bonchev–Trinajstić information content (AvgIpc) is 2.84. The van der Waals surface area contributed by atoms with Crippen LogP contribution >= 0.6 is 8.58 Å². The molecule has 0 spiro atoms. The summed E-state index contributed by atoms with van der Waals surface area (Å²) in [5.74, 6) is 1.99. The van der Waals surface area contributed by atoms with Gasteiger partial charge in [0, 0.05) is 33.5 Å². The molecule has 0 aliphatic rings. The first-order valence-electron chi connectivity index (χ1n) is 10.6. The van der Waals surface area contributed by atoms with Crippen molar-refractivity contribution in [3.8, 4) is 28.7 Å². The van der Waals surface area contributed by atoms with Crippen LogP contribution in [0, 0.1) is 0 Å². The Hall–Kier alpha value is -1.98. The van der Waals surface area contributed by atoms with E-state index in [-0.39, 0.29) is 24.4 Å². The van der Waals surface area contributed by atoms with Crippen molar-refractivity contribution in [1.29, 1.82) is 0 Å². The third-order valence-corrected chi connectivity index (χ3v) is 6.04. The van der Waals surface area contributed by atoms with E-state index < -0.39 is 27.5 Å². The second kappa shape index (κ2) is 15.2. The number of rotatable bonds is 14. The number of methoxy groups -OCH3 is 5. The zero-order valence-corrected chi connectivity index (χ0v) is 21.8. The van der Waals surface area contributed by atoms with E-state index in [4.69, 9.17) is 37.9 Å². The summed E-state index contributed by atoms with van der Waals surface area (Å²) in [6.07, 6.45) is -1.71. The minimum atomic E-state index is -0.595. The zero-order chi connectivity index (χ0) is 25.3. The normalized spacial score (nSPS) is 13.5. The summed E-state index contributed by atoms with van der Waals surface area (Å²) >= 11 is 0. The number of benzene rings is 2. The Morgan fingerprint density at radius 2 is 1.14 bits per heavy atom.